The number of ether oxygens (including phenoxy) is 1. The summed E-state index contributed by atoms with van der Waals surface area (Å²) >= 11 is 6.45. The second-order valence-electron chi connectivity index (χ2n) is 8.58. The molecule has 1 aromatic heterocycles. The molecule has 1 amide bonds. The van der Waals surface area contributed by atoms with Gasteiger partial charge in [0.25, 0.3) is 0 Å². The molecule has 190 valence electrons. The highest BCUT2D eigenvalue weighted by molar-refractivity contribution is 6.34. The lowest BCUT2D eigenvalue weighted by molar-refractivity contribution is -0.126. The van der Waals surface area contributed by atoms with Crippen molar-refractivity contribution >= 4 is 34.2 Å². The number of benzene rings is 2. The van der Waals surface area contributed by atoms with Gasteiger partial charge in [-0.05, 0) is 38.4 Å². The highest BCUT2D eigenvalue weighted by Gasteiger charge is 2.27. The van der Waals surface area contributed by atoms with Crippen molar-refractivity contribution in [2.75, 3.05) is 58.3 Å². The number of nitrogens with zero attached hydrogens (tertiary/aromatic N) is 5. The van der Waals surface area contributed by atoms with Gasteiger partial charge in [-0.15, -0.1) is 0 Å². The van der Waals surface area contributed by atoms with E-state index in [4.69, 9.17) is 16.3 Å². The number of fused-ring (bicyclic) bond motifs is 1. The lowest BCUT2D eigenvalue weighted by Gasteiger charge is -2.35. The molecule has 3 aromatic rings. The number of phenols is 1. The van der Waals surface area contributed by atoms with Crippen LogP contribution in [-0.4, -0.2) is 84.2 Å². The third-order valence-corrected chi connectivity index (χ3v) is 6.22. The number of hydrogen-bond acceptors (Lipinski definition) is 7. The highest BCUT2D eigenvalue weighted by Crippen LogP contribution is 2.42. The monoisotopic (exact) mass is 517 g/mol. The fourth-order valence-electron chi connectivity index (χ4n) is 4.04. The van der Waals surface area contributed by atoms with E-state index in [1.165, 1.54) is 24.3 Å². The van der Waals surface area contributed by atoms with Crippen molar-refractivity contribution in [3.8, 4) is 22.9 Å². The predicted octanol–water partition coefficient (Wildman–Crippen LogP) is 3.71. The van der Waals surface area contributed by atoms with E-state index in [0.717, 1.165) is 6.07 Å². The Kier molecular flexibility index (Phi) is 7.56. The van der Waals surface area contributed by atoms with Crippen molar-refractivity contribution in [2.24, 2.45) is 0 Å². The number of aromatic nitrogens is 2. The summed E-state index contributed by atoms with van der Waals surface area (Å²) in [7, 11) is 3.77. The number of carbonyl (C=O) groups is 1. The second kappa shape index (κ2) is 10.6. The number of rotatable bonds is 7. The molecule has 2 aromatic carbocycles. The van der Waals surface area contributed by atoms with Crippen LogP contribution >= 0.6 is 11.6 Å². The van der Waals surface area contributed by atoms with Gasteiger partial charge in [0.05, 0.1) is 10.6 Å². The summed E-state index contributed by atoms with van der Waals surface area (Å²) in [6.07, 6.45) is 1.27. The van der Waals surface area contributed by atoms with Gasteiger partial charge >= 0.3 is 6.01 Å². The molecule has 0 radical (unpaired) electrons. The zero-order valence-electron chi connectivity index (χ0n) is 20.0. The molecule has 0 unspecified atom stereocenters. The minimum absolute atomic E-state index is 0.0473. The molecule has 0 saturated carbocycles. The molecule has 11 heteroatoms. The Morgan fingerprint density at radius 3 is 2.58 bits per heavy atom. The lowest BCUT2D eigenvalue weighted by Crippen LogP contribution is -2.48. The zero-order chi connectivity index (χ0) is 26.0. The highest BCUT2D eigenvalue weighted by atomic mass is 35.5. The quantitative estimate of drug-likeness (QED) is 0.478. The van der Waals surface area contributed by atoms with Gasteiger partial charge in [-0.3, -0.25) is 4.79 Å². The van der Waals surface area contributed by atoms with E-state index < -0.39 is 17.4 Å². The molecular formula is C25H26ClF2N5O3. The minimum Gasteiger partial charge on any atom is -0.507 e. The van der Waals surface area contributed by atoms with E-state index in [1.54, 1.807) is 4.90 Å². The first-order valence-corrected chi connectivity index (χ1v) is 11.7. The number of phenolic OH excluding ortho intramolecular Hbond substituents is 1. The molecule has 0 spiro atoms. The molecule has 1 aliphatic rings. The molecule has 4 rings (SSSR count). The van der Waals surface area contributed by atoms with Gasteiger partial charge in [0, 0.05) is 43.7 Å². The maximum Gasteiger partial charge on any atom is 0.319 e. The van der Waals surface area contributed by atoms with Crippen LogP contribution in [0.3, 0.4) is 0 Å². The second-order valence-corrected chi connectivity index (χ2v) is 8.98. The molecular weight excluding hydrogens is 492 g/mol. The zero-order valence-corrected chi connectivity index (χ0v) is 20.7. The lowest BCUT2D eigenvalue weighted by atomic mass is 10.0. The molecule has 1 fully saturated rings. The van der Waals surface area contributed by atoms with Crippen LogP contribution in [0, 0.1) is 11.6 Å². The fourth-order valence-corrected chi connectivity index (χ4v) is 4.33. The molecule has 1 aliphatic heterocycles. The number of likely N-dealkylation sites (N-methyl/N-ethyl adjacent to an activating group) is 1. The van der Waals surface area contributed by atoms with Crippen LogP contribution in [-0.2, 0) is 4.79 Å². The summed E-state index contributed by atoms with van der Waals surface area (Å²) in [5.74, 6) is -1.96. The van der Waals surface area contributed by atoms with Crippen molar-refractivity contribution in [3.05, 3.63) is 53.6 Å². The minimum atomic E-state index is -0.903. The summed E-state index contributed by atoms with van der Waals surface area (Å²) in [4.78, 5) is 26.3. The number of amides is 1. The van der Waals surface area contributed by atoms with Gasteiger partial charge in [0.15, 0.2) is 5.82 Å². The average molecular weight is 518 g/mol. The van der Waals surface area contributed by atoms with Crippen LogP contribution in [0.25, 0.3) is 22.0 Å². The van der Waals surface area contributed by atoms with Gasteiger partial charge < -0.3 is 24.5 Å². The predicted molar refractivity (Wildman–Crippen MR) is 135 cm³/mol. The van der Waals surface area contributed by atoms with E-state index in [9.17, 15) is 14.3 Å². The Hall–Kier alpha value is -3.50. The summed E-state index contributed by atoms with van der Waals surface area (Å²) in [6, 6.07) is 5.09. The van der Waals surface area contributed by atoms with E-state index in [0.29, 0.717) is 43.9 Å². The molecule has 36 heavy (non-hydrogen) atoms. The van der Waals surface area contributed by atoms with Crippen molar-refractivity contribution in [2.45, 2.75) is 0 Å². The number of piperazine rings is 1. The van der Waals surface area contributed by atoms with Gasteiger partial charge in [-0.25, -0.2) is 8.78 Å². The topological polar surface area (TPSA) is 82.0 Å². The van der Waals surface area contributed by atoms with Crippen LogP contribution in [0.5, 0.6) is 11.8 Å². The maximum absolute atomic E-state index is 16.0. The molecule has 0 atom stereocenters. The summed E-state index contributed by atoms with van der Waals surface area (Å²) in [5.41, 5.74) is -0.773. The first-order chi connectivity index (χ1) is 17.2. The fraction of sp³-hybridized carbons (Fsp3) is 0.320. The van der Waals surface area contributed by atoms with Gasteiger partial charge in [-0.1, -0.05) is 24.2 Å². The molecule has 1 saturated heterocycles. The molecule has 0 aliphatic carbocycles. The Bertz CT molecular complexity index is 1290. The number of anilines is 1. The first-order valence-electron chi connectivity index (χ1n) is 11.3. The smallest absolute Gasteiger partial charge is 0.319 e. The normalized spacial score (nSPS) is 13.9. The maximum atomic E-state index is 16.0. The Balaban J connectivity index is 1.84. The standard InChI is InChI=1S/C25H26ClF2N5O3/c1-4-19(35)32-8-10-33(11-9-32)24-15-14-16(26)20(21-17(27)6-5-7-18(21)34)22(28)23(15)29-25(30-24)36-13-12-31(2)3/h4-7,14,34H,1,8-13H2,2-3H3. The third kappa shape index (κ3) is 5.05. The van der Waals surface area contributed by atoms with Crippen molar-refractivity contribution < 1.29 is 23.4 Å². The summed E-state index contributed by atoms with van der Waals surface area (Å²) < 4.78 is 36.3. The largest absolute Gasteiger partial charge is 0.507 e. The Morgan fingerprint density at radius 1 is 1.22 bits per heavy atom. The number of carbonyl (C=O) groups excluding carboxylic acids is 1. The van der Waals surface area contributed by atoms with E-state index in [-0.39, 0.29) is 40.2 Å². The molecule has 2 heterocycles. The van der Waals surface area contributed by atoms with E-state index in [1.807, 2.05) is 23.9 Å². The number of aromatic hydroxyl groups is 1. The van der Waals surface area contributed by atoms with Gasteiger partial charge in [0.1, 0.15) is 29.5 Å². The Labute approximate surface area is 212 Å². The van der Waals surface area contributed by atoms with E-state index >= 15 is 4.39 Å². The molecule has 0 bridgehead atoms. The third-order valence-electron chi connectivity index (χ3n) is 5.92. The van der Waals surface area contributed by atoms with Gasteiger partial charge in [0.2, 0.25) is 5.91 Å². The summed E-state index contributed by atoms with van der Waals surface area (Å²) in [6.45, 7) is 6.06. The summed E-state index contributed by atoms with van der Waals surface area (Å²) in [5, 5.41) is 10.5. The molecule has 8 nitrogen and oxygen atoms in total. The SMILES string of the molecule is C=CC(=O)N1CCN(c2nc(OCCN(C)C)nc3c(F)c(-c4c(O)cccc4F)c(Cl)cc23)CC1. The number of hydrogen-bond donors (Lipinski definition) is 1. The van der Waals surface area contributed by atoms with Gasteiger partial charge in [-0.2, -0.15) is 9.97 Å². The van der Waals surface area contributed by atoms with Crippen molar-refractivity contribution in [1.82, 2.24) is 19.8 Å². The van der Waals surface area contributed by atoms with Crippen molar-refractivity contribution in [3.63, 3.8) is 0 Å². The van der Waals surface area contributed by atoms with Crippen LogP contribution in [0.15, 0.2) is 36.9 Å². The first kappa shape index (κ1) is 25.6. The van der Waals surface area contributed by atoms with E-state index in [2.05, 4.69) is 16.5 Å². The molecule has 1 N–H and O–H groups in total. The van der Waals surface area contributed by atoms with Crippen molar-refractivity contribution in [1.29, 1.82) is 0 Å². The number of halogens is 3. The average Bonchev–Trinajstić information content (AvgIpc) is 2.85. The van der Waals surface area contributed by atoms with Crippen LogP contribution < -0.4 is 9.64 Å². The van der Waals surface area contributed by atoms with Crippen LogP contribution in [0.2, 0.25) is 5.02 Å². The Morgan fingerprint density at radius 2 is 1.94 bits per heavy atom. The van der Waals surface area contributed by atoms with Crippen LogP contribution in [0.4, 0.5) is 14.6 Å². The van der Waals surface area contributed by atoms with Crippen LogP contribution in [0.1, 0.15) is 0 Å².